The van der Waals surface area contributed by atoms with Gasteiger partial charge in [-0.3, -0.25) is 14.4 Å². The summed E-state index contributed by atoms with van der Waals surface area (Å²) in [5, 5.41) is 2.52. The first kappa shape index (κ1) is 13.9. The summed E-state index contributed by atoms with van der Waals surface area (Å²) < 4.78 is 4.41. The standard InChI is InChI=1S/C12H14N2O4/c1-18-11(16)6-10(13)12(17)14-9-4-2-3-8(5-9)7-15/h2-5,7,10H,6,13H2,1H3,(H,14,17)/t10-/m0/s1. The fourth-order valence-corrected chi connectivity index (χ4v) is 1.28. The predicted octanol–water partition coefficient (Wildman–Crippen LogP) is 0.328. The molecule has 1 aromatic rings. The van der Waals surface area contributed by atoms with Gasteiger partial charge in [-0.1, -0.05) is 12.1 Å². The Hall–Kier alpha value is -2.21. The number of ether oxygens (including phenoxy) is 1. The molecule has 0 aliphatic heterocycles. The summed E-state index contributed by atoms with van der Waals surface area (Å²) in [5.41, 5.74) is 6.42. The number of esters is 1. The highest BCUT2D eigenvalue weighted by molar-refractivity contribution is 5.97. The molecular formula is C12H14N2O4. The van der Waals surface area contributed by atoms with Crippen LogP contribution < -0.4 is 11.1 Å². The Bertz CT molecular complexity index is 459. The van der Waals surface area contributed by atoms with Crippen molar-refractivity contribution in [1.82, 2.24) is 0 Å². The molecule has 1 aromatic carbocycles. The maximum absolute atomic E-state index is 11.6. The van der Waals surface area contributed by atoms with Crippen molar-refractivity contribution >= 4 is 23.9 Å². The number of amides is 1. The number of nitrogens with two attached hydrogens (primary N) is 1. The molecule has 0 saturated heterocycles. The monoisotopic (exact) mass is 250 g/mol. The second-order valence-corrected chi connectivity index (χ2v) is 3.62. The molecule has 0 radical (unpaired) electrons. The topological polar surface area (TPSA) is 98.5 Å². The van der Waals surface area contributed by atoms with Gasteiger partial charge in [-0.2, -0.15) is 0 Å². The molecule has 3 N–H and O–H groups in total. The van der Waals surface area contributed by atoms with E-state index in [1.807, 2.05) is 0 Å². The summed E-state index contributed by atoms with van der Waals surface area (Å²) in [6.45, 7) is 0. The molecule has 0 heterocycles. The van der Waals surface area contributed by atoms with Crippen molar-refractivity contribution in [2.75, 3.05) is 12.4 Å². The van der Waals surface area contributed by atoms with Gasteiger partial charge in [-0.05, 0) is 12.1 Å². The van der Waals surface area contributed by atoms with Gasteiger partial charge in [-0.15, -0.1) is 0 Å². The van der Waals surface area contributed by atoms with Gasteiger partial charge in [0.05, 0.1) is 19.6 Å². The minimum atomic E-state index is -0.989. The van der Waals surface area contributed by atoms with Crippen LogP contribution in [0, 0.1) is 0 Å². The quantitative estimate of drug-likeness (QED) is 0.579. The maximum Gasteiger partial charge on any atom is 0.307 e. The molecule has 0 saturated carbocycles. The predicted molar refractivity (Wildman–Crippen MR) is 65.1 cm³/mol. The summed E-state index contributed by atoms with van der Waals surface area (Å²) in [4.78, 5) is 33.1. The fourth-order valence-electron chi connectivity index (χ4n) is 1.28. The molecule has 0 spiro atoms. The molecule has 0 unspecified atom stereocenters. The Morgan fingerprint density at radius 2 is 2.22 bits per heavy atom. The van der Waals surface area contributed by atoms with Gasteiger partial charge in [0.25, 0.3) is 0 Å². The number of aldehydes is 1. The van der Waals surface area contributed by atoms with Gasteiger partial charge in [0, 0.05) is 11.3 Å². The number of rotatable bonds is 5. The minimum absolute atomic E-state index is 0.199. The molecule has 1 rings (SSSR count). The third kappa shape index (κ3) is 3.99. The van der Waals surface area contributed by atoms with E-state index in [-0.39, 0.29) is 6.42 Å². The molecule has 6 nitrogen and oxygen atoms in total. The van der Waals surface area contributed by atoms with E-state index in [0.717, 1.165) is 0 Å². The van der Waals surface area contributed by atoms with Gasteiger partial charge in [-0.25, -0.2) is 0 Å². The second-order valence-electron chi connectivity index (χ2n) is 3.62. The van der Waals surface area contributed by atoms with E-state index in [0.29, 0.717) is 17.5 Å². The van der Waals surface area contributed by atoms with E-state index in [2.05, 4.69) is 10.1 Å². The van der Waals surface area contributed by atoms with Crippen LogP contribution >= 0.6 is 0 Å². The number of hydrogen-bond donors (Lipinski definition) is 2. The zero-order valence-corrected chi connectivity index (χ0v) is 9.88. The van der Waals surface area contributed by atoms with Crippen molar-refractivity contribution in [2.45, 2.75) is 12.5 Å². The van der Waals surface area contributed by atoms with Gasteiger partial charge in [0.15, 0.2) is 0 Å². The first-order valence-corrected chi connectivity index (χ1v) is 5.25. The van der Waals surface area contributed by atoms with Crippen LogP contribution in [0.25, 0.3) is 0 Å². The molecule has 0 bridgehead atoms. The second kappa shape index (κ2) is 6.51. The molecular weight excluding hydrogens is 236 g/mol. The Labute approximate surface area is 104 Å². The van der Waals surface area contributed by atoms with Crippen LogP contribution in [0.2, 0.25) is 0 Å². The Kier molecular flexibility index (Phi) is 5.01. The summed E-state index contributed by atoms with van der Waals surface area (Å²) in [5.74, 6) is -1.07. The van der Waals surface area contributed by atoms with Crippen molar-refractivity contribution in [3.05, 3.63) is 29.8 Å². The van der Waals surface area contributed by atoms with Crippen LogP contribution in [0.1, 0.15) is 16.8 Å². The Morgan fingerprint density at radius 3 is 2.83 bits per heavy atom. The lowest BCUT2D eigenvalue weighted by atomic mass is 10.2. The van der Waals surface area contributed by atoms with E-state index < -0.39 is 17.9 Å². The van der Waals surface area contributed by atoms with E-state index in [4.69, 9.17) is 5.73 Å². The van der Waals surface area contributed by atoms with Crippen LogP contribution in [0.5, 0.6) is 0 Å². The first-order valence-electron chi connectivity index (χ1n) is 5.25. The lowest BCUT2D eigenvalue weighted by Crippen LogP contribution is -2.37. The number of anilines is 1. The van der Waals surface area contributed by atoms with E-state index in [1.165, 1.54) is 13.2 Å². The molecule has 0 aromatic heterocycles. The highest BCUT2D eigenvalue weighted by Crippen LogP contribution is 2.09. The minimum Gasteiger partial charge on any atom is -0.469 e. The van der Waals surface area contributed by atoms with Gasteiger partial charge >= 0.3 is 5.97 Å². The lowest BCUT2D eigenvalue weighted by molar-refractivity contribution is -0.142. The number of carbonyl (C=O) groups is 3. The van der Waals surface area contributed by atoms with Gasteiger partial charge in [0.2, 0.25) is 5.91 Å². The molecule has 0 aliphatic carbocycles. The summed E-state index contributed by atoms with van der Waals surface area (Å²) in [6, 6.07) is 5.38. The van der Waals surface area contributed by atoms with Gasteiger partial charge < -0.3 is 15.8 Å². The smallest absolute Gasteiger partial charge is 0.307 e. The van der Waals surface area contributed by atoms with Crippen molar-refractivity contribution in [3.8, 4) is 0 Å². The number of methoxy groups -OCH3 is 1. The average Bonchev–Trinajstić information content (AvgIpc) is 2.38. The molecule has 1 atom stereocenters. The number of nitrogens with one attached hydrogen (secondary N) is 1. The Morgan fingerprint density at radius 1 is 1.50 bits per heavy atom. The van der Waals surface area contributed by atoms with Crippen molar-refractivity contribution < 1.29 is 19.1 Å². The zero-order valence-electron chi connectivity index (χ0n) is 9.88. The third-order valence-corrected chi connectivity index (χ3v) is 2.24. The van der Waals surface area contributed by atoms with Crippen LogP contribution in [0.15, 0.2) is 24.3 Å². The van der Waals surface area contributed by atoms with Crippen LogP contribution in [0.3, 0.4) is 0 Å². The molecule has 6 heteroatoms. The molecule has 96 valence electrons. The SMILES string of the molecule is COC(=O)C[C@H](N)C(=O)Nc1cccc(C=O)c1. The Balaban J connectivity index is 2.63. The first-order chi connectivity index (χ1) is 8.56. The van der Waals surface area contributed by atoms with E-state index in [9.17, 15) is 14.4 Å². The number of hydrogen-bond acceptors (Lipinski definition) is 5. The third-order valence-electron chi connectivity index (χ3n) is 2.24. The summed E-state index contributed by atoms with van der Waals surface area (Å²) in [7, 11) is 1.22. The maximum atomic E-state index is 11.6. The molecule has 1 amide bonds. The van der Waals surface area contributed by atoms with Crippen LogP contribution in [0.4, 0.5) is 5.69 Å². The van der Waals surface area contributed by atoms with Crippen LogP contribution in [-0.4, -0.2) is 31.3 Å². The summed E-state index contributed by atoms with van der Waals surface area (Å²) in [6.07, 6.45) is 0.472. The number of benzene rings is 1. The molecule has 18 heavy (non-hydrogen) atoms. The molecule has 0 aliphatic rings. The fraction of sp³-hybridized carbons (Fsp3) is 0.250. The van der Waals surface area contributed by atoms with Crippen molar-refractivity contribution in [3.63, 3.8) is 0 Å². The van der Waals surface area contributed by atoms with E-state index in [1.54, 1.807) is 18.2 Å². The zero-order chi connectivity index (χ0) is 13.5. The average molecular weight is 250 g/mol. The normalized spacial score (nSPS) is 11.4. The van der Waals surface area contributed by atoms with E-state index >= 15 is 0 Å². The van der Waals surface area contributed by atoms with Crippen molar-refractivity contribution in [2.24, 2.45) is 5.73 Å². The summed E-state index contributed by atoms with van der Waals surface area (Å²) >= 11 is 0. The van der Waals surface area contributed by atoms with Crippen molar-refractivity contribution in [1.29, 1.82) is 0 Å². The van der Waals surface area contributed by atoms with Gasteiger partial charge in [0.1, 0.15) is 6.29 Å². The highest BCUT2D eigenvalue weighted by atomic mass is 16.5. The number of carbonyl (C=O) groups excluding carboxylic acids is 3. The lowest BCUT2D eigenvalue weighted by Gasteiger charge is -2.11. The highest BCUT2D eigenvalue weighted by Gasteiger charge is 2.17. The molecule has 0 fully saturated rings. The largest absolute Gasteiger partial charge is 0.469 e. The van der Waals surface area contributed by atoms with Crippen LogP contribution in [-0.2, 0) is 14.3 Å².